The van der Waals surface area contributed by atoms with E-state index in [0.717, 1.165) is 0 Å². The molecule has 0 spiro atoms. The Balaban J connectivity index is 2.43. The van der Waals surface area contributed by atoms with Crippen LogP contribution in [0.4, 0.5) is 11.5 Å². The summed E-state index contributed by atoms with van der Waals surface area (Å²) in [6.07, 6.45) is 1.42. The quantitative estimate of drug-likeness (QED) is 0.762. The summed E-state index contributed by atoms with van der Waals surface area (Å²) < 4.78 is 28.1. The zero-order chi connectivity index (χ0) is 14.9. The van der Waals surface area contributed by atoms with Gasteiger partial charge in [0, 0.05) is 20.2 Å². The number of nitrogens with two attached hydrogens (primary N) is 1. The van der Waals surface area contributed by atoms with Crippen molar-refractivity contribution in [3.05, 3.63) is 44.4 Å². The fourth-order valence-electron chi connectivity index (χ4n) is 1.42. The lowest BCUT2D eigenvalue weighted by Crippen LogP contribution is -2.15. The highest BCUT2D eigenvalue weighted by atomic mass is 79.9. The molecule has 20 heavy (non-hydrogen) atoms. The highest BCUT2D eigenvalue weighted by Crippen LogP contribution is 2.29. The molecule has 0 saturated heterocycles. The number of nitrogens with one attached hydrogen (secondary N) is 1. The number of hydrogen-bond acceptors (Lipinski definition) is 4. The standard InChI is InChI=1S/C11H8Br2ClN3O2S/c12-6-3-10(11(15)16-5-6)20(18,19)17-9-2-1-7(14)4-8(9)13/h1-5,17H,(H2,15,16). The number of benzene rings is 1. The average Bonchev–Trinajstić information content (AvgIpc) is 2.35. The predicted molar refractivity (Wildman–Crippen MR) is 86.3 cm³/mol. The van der Waals surface area contributed by atoms with E-state index in [1.165, 1.54) is 12.3 Å². The van der Waals surface area contributed by atoms with E-state index >= 15 is 0 Å². The highest BCUT2D eigenvalue weighted by molar-refractivity contribution is 9.10. The molecule has 106 valence electrons. The Morgan fingerprint density at radius 2 is 1.95 bits per heavy atom. The second-order valence-corrected chi connectivity index (χ2v) is 7.62. The first-order valence-corrected chi connectivity index (χ1v) is 8.63. The van der Waals surface area contributed by atoms with Crippen LogP contribution in [0.25, 0.3) is 0 Å². The number of halogens is 3. The van der Waals surface area contributed by atoms with E-state index in [4.69, 9.17) is 17.3 Å². The number of pyridine rings is 1. The van der Waals surface area contributed by atoms with Crippen molar-refractivity contribution in [2.45, 2.75) is 4.90 Å². The molecule has 3 N–H and O–H groups in total. The van der Waals surface area contributed by atoms with Crippen LogP contribution in [0.1, 0.15) is 0 Å². The van der Waals surface area contributed by atoms with Crippen LogP contribution in [0.2, 0.25) is 5.02 Å². The maximum Gasteiger partial charge on any atom is 0.265 e. The lowest BCUT2D eigenvalue weighted by Gasteiger charge is -2.11. The van der Waals surface area contributed by atoms with Crippen LogP contribution >= 0.6 is 43.5 Å². The van der Waals surface area contributed by atoms with Crippen molar-refractivity contribution in [1.29, 1.82) is 0 Å². The molecule has 0 aliphatic carbocycles. The second kappa shape index (κ2) is 5.88. The molecule has 0 saturated carbocycles. The SMILES string of the molecule is Nc1ncc(Br)cc1S(=O)(=O)Nc1ccc(Cl)cc1Br. The third-order valence-corrected chi connectivity index (χ3v) is 5.03. The van der Waals surface area contributed by atoms with E-state index in [1.807, 2.05) is 0 Å². The topological polar surface area (TPSA) is 85.1 Å². The van der Waals surface area contributed by atoms with Crippen molar-refractivity contribution >= 4 is 65.0 Å². The second-order valence-electron chi connectivity index (χ2n) is 3.77. The van der Waals surface area contributed by atoms with Gasteiger partial charge in [-0.1, -0.05) is 11.6 Å². The van der Waals surface area contributed by atoms with Crippen LogP contribution in [0, 0.1) is 0 Å². The monoisotopic (exact) mass is 439 g/mol. The van der Waals surface area contributed by atoms with E-state index in [0.29, 0.717) is 19.7 Å². The van der Waals surface area contributed by atoms with Crippen LogP contribution < -0.4 is 10.5 Å². The number of hydrogen-bond donors (Lipinski definition) is 2. The summed E-state index contributed by atoms with van der Waals surface area (Å²) in [6.45, 7) is 0. The largest absolute Gasteiger partial charge is 0.383 e. The Labute approximate surface area is 137 Å². The number of rotatable bonds is 3. The van der Waals surface area contributed by atoms with Crippen LogP contribution in [-0.4, -0.2) is 13.4 Å². The lowest BCUT2D eigenvalue weighted by molar-refractivity contribution is 0.601. The number of nitrogen functional groups attached to an aromatic ring is 1. The molecule has 2 aromatic rings. The van der Waals surface area contributed by atoms with Crippen molar-refractivity contribution in [3.8, 4) is 0 Å². The van der Waals surface area contributed by atoms with Crippen LogP contribution in [0.5, 0.6) is 0 Å². The molecule has 0 fully saturated rings. The molecule has 0 radical (unpaired) electrons. The maximum absolute atomic E-state index is 12.3. The highest BCUT2D eigenvalue weighted by Gasteiger charge is 2.20. The Morgan fingerprint density at radius 3 is 2.60 bits per heavy atom. The van der Waals surface area contributed by atoms with Gasteiger partial charge in [0.2, 0.25) is 0 Å². The Kier molecular flexibility index (Phi) is 4.58. The molecule has 2 rings (SSSR count). The Bertz CT molecular complexity index is 768. The minimum Gasteiger partial charge on any atom is -0.383 e. The van der Waals surface area contributed by atoms with Gasteiger partial charge >= 0.3 is 0 Å². The van der Waals surface area contributed by atoms with Crippen LogP contribution in [0.3, 0.4) is 0 Å². The number of nitrogens with zero attached hydrogens (tertiary/aromatic N) is 1. The molecule has 1 aromatic carbocycles. The fourth-order valence-corrected chi connectivity index (χ4v) is 4.00. The van der Waals surface area contributed by atoms with E-state index in [-0.39, 0.29) is 10.7 Å². The summed E-state index contributed by atoms with van der Waals surface area (Å²) in [5, 5.41) is 0.489. The molecular weight excluding hydrogens is 433 g/mol. The third kappa shape index (κ3) is 3.43. The number of aromatic nitrogens is 1. The average molecular weight is 442 g/mol. The summed E-state index contributed by atoms with van der Waals surface area (Å²) in [6, 6.07) is 6.09. The molecule has 0 atom stereocenters. The summed E-state index contributed by atoms with van der Waals surface area (Å²) in [4.78, 5) is 3.70. The van der Waals surface area contributed by atoms with Gasteiger partial charge in [-0.3, -0.25) is 4.72 Å². The summed E-state index contributed by atoms with van der Waals surface area (Å²) in [5.41, 5.74) is 5.96. The lowest BCUT2D eigenvalue weighted by atomic mass is 10.3. The Morgan fingerprint density at radius 1 is 1.25 bits per heavy atom. The minimum atomic E-state index is -3.84. The fraction of sp³-hybridized carbons (Fsp3) is 0. The van der Waals surface area contributed by atoms with Gasteiger partial charge in [-0.15, -0.1) is 0 Å². The zero-order valence-corrected chi connectivity index (χ0v) is 14.5. The first-order valence-electron chi connectivity index (χ1n) is 5.18. The Hall–Kier alpha value is -0.830. The van der Waals surface area contributed by atoms with Crippen molar-refractivity contribution in [2.24, 2.45) is 0 Å². The molecule has 0 bridgehead atoms. The maximum atomic E-state index is 12.3. The zero-order valence-electron chi connectivity index (χ0n) is 9.77. The minimum absolute atomic E-state index is 0.0780. The van der Waals surface area contributed by atoms with E-state index in [2.05, 4.69) is 41.6 Å². The predicted octanol–water partition coefficient (Wildman–Crippen LogP) is 3.64. The van der Waals surface area contributed by atoms with Gasteiger partial charge in [0.15, 0.2) is 0 Å². The smallest absolute Gasteiger partial charge is 0.265 e. The van der Waals surface area contributed by atoms with Crippen LogP contribution in [0.15, 0.2) is 44.3 Å². The van der Waals surface area contributed by atoms with Gasteiger partial charge in [0.25, 0.3) is 10.0 Å². The molecule has 1 aromatic heterocycles. The van der Waals surface area contributed by atoms with Crippen molar-refractivity contribution < 1.29 is 8.42 Å². The molecule has 0 unspecified atom stereocenters. The van der Waals surface area contributed by atoms with E-state index in [1.54, 1.807) is 18.2 Å². The molecular formula is C11H8Br2ClN3O2S. The van der Waals surface area contributed by atoms with Crippen LogP contribution in [-0.2, 0) is 10.0 Å². The number of anilines is 2. The number of sulfonamides is 1. The van der Waals surface area contributed by atoms with Crippen molar-refractivity contribution in [1.82, 2.24) is 4.98 Å². The molecule has 0 aliphatic rings. The first kappa shape index (κ1) is 15.6. The van der Waals surface area contributed by atoms with E-state index in [9.17, 15) is 8.42 Å². The van der Waals surface area contributed by atoms with Gasteiger partial charge in [0.1, 0.15) is 10.7 Å². The third-order valence-electron chi connectivity index (χ3n) is 2.31. The van der Waals surface area contributed by atoms with Gasteiger partial charge < -0.3 is 5.73 Å². The van der Waals surface area contributed by atoms with Gasteiger partial charge in [-0.05, 0) is 56.1 Å². The molecule has 9 heteroatoms. The van der Waals surface area contributed by atoms with Gasteiger partial charge in [-0.25, -0.2) is 13.4 Å². The summed E-state index contributed by atoms with van der Waals surface area (Å²) in [7, 11) is -3.84. The summed E-state index contributed by atoms with van der Waals surface area (Å²) >= 11 is 12.2. The van der Waals surface area contributed by atoms with Gasteiger partial charge in [0.05, 0.1) is 5.69 Å². The van der Waals surface area contributed by atoms with Gasteiger partial charge in [-0.2, -0.15) is 0 Å². The molecule has 0 amide bonds. The molecule has 1 heterocycles. The normalized spacial score (nSPS) is 11.3. The molecule has 0 aliphatic heterocycles. The summed E-state index contributed by atoms with van der Waals surface area (Å²) in [5.74, 6) is -0.0780. The van der Waals surface area contributed by atoms with Crippen molar-refractivity contribution in [3.63, 3.8) is 0 Å². The first-order chi connectivity index (χ1) is 9.29. The molecule has 5 nitrogen and oxygen atoms in total. The van der Waals surface area contributed by atoms with E-state index < -0.39 is 10.0 Å². The van der Waals surface area contributed by atoms with Crippen molar-refractivity contribution in [2.75, 3.05) is 10.5 Å².